The molecule has 0 heterocycles. The van der Waals surface area contributed by atoms with Crippen LogP contribution in [-0.4, -0.2) is 0 Å². The molecule has 5 aliphatic carbocycles. The highest BCUT2D eigenvalue weighted by Crippen LogP contribution is 2.46. The van der Waals surface area contributed by atoms with Gasteiger partial charge in [-0.2, -0.15) is 0 Å². The Kier molecular flexibility index (Phi) is 7.78. The summed E-state index contributed by atoms with van der Waals surface area (Å²) >= 11 is 0. The lowest BCUT2D eigenvalue weighted by Gasteiger charge is -2.32. The van der Waals surface area contributed by atoms with Crippen molar-refractivity contribution in [2.45, 2.75) is 110 Å². The van der Waals surface area contributed by atoms with Gasteiger partial charge < -0.3 is 0 Å². The van der Waals surface area contributed by atoms with Crippen LogP contribution in [0.5, 0.6) is 0 Å². The highest BCUT2D eigenvalue weighted by Gasteiger charge is 2.29. The van der Waals surface area contributed by atoms with Gasteiger partial charge in [0.05, 0.1) is 0 Å². The van der Waals surface area contributed by atoms with Gasteiger partial charge in [0, 0.05) is 0 Å². The molecule has 0 fully saturated rings. The fourth-order valence-corrected chi connectivity index (χ4v) is 8.89. The lowest BCUT2D eigenvalue weighted by Crippen LogP contribution is -2.18. The van der Waals surface area contributed by atoms with Gasteiger partial charge in [-0.3, -0.25) is 0 Å². The average Bonchev–Trinajstić information content (AvgIpc) is 3.10. The van der Waals surface area contributed by atoms with E-state index in [1.807, 2.05) is 0 Å². The monoisotopic (exact) mass is 628 g/mol. The molecular weight excluding hydrogens is 577 g/mol. The van der Waals surface area contributed by atoms with Crippen LogP contribution in [0.3, 0.4) is 0 Å². The van der Waals surface area contributed by atoms with E-state index in [4.69, 9.17) is 0 Å². The smallest absolute Gasteiger partial charge is 0.0112 e. The highest BCUT2D eigenvalue weighted by molar-refractivity contribution is 5.84. The topological polar surface area (TPSA) is 0 Å². The van der Waals surface area contributed by atoms with E-state index in [2.05, 4.69) is 133 Å². The van der Waals surface area contributed by atoms with Crippen LogP contribution in [0, 0.1) is 5.92 Å². The van der Waals surface area contributed by atoms with Crippen molar-refractivity contribution in [2.24, 2.45) is 5.92 Å². The second-order valence-electron chi connectivity index (χ2n) is 17.1. The van der Waals surface area contributed by atoms with E-state index in [9.17, 15) is 0 Å². The maximum absolute atomic E-state index is 2.58. The molecule has 244 valence electrons. The molecule has 3 aromatic rings. The summed E-state index contributed by atoms with van der Waals surface area (Å²) in [6, 6.07) is 23.9. The van der Waals surface area contributed by atoms with Crippen molar-refractivity contribution in [1.29, 1.82) is 0 Å². The minimum Gasteiger partial charge on any atom is -0.0763 e. The van der Waals surface area contributed by atoms with Crippen LogP contribution in [0.4, 0.5) is 0 Å². The van der Waals surface area contributed by atoms with Gasteiger partial charge in [0.25, 0.3) is 0 Å². The van der Waals surface area contributed by atoms with Crippen LogP contribution in [0.1, 0.15) is 131 Å². The van der Waals surface area contributed by atoms with E-state index in [1.165, 1.54) is 70.2 Å². The molecule has 0 heteroatoms. The number of rotatable bonds is 3. The summed E-state index contributed by atoms with van der Waals surface area (Å²) in [4.78, 5) is 0. The molecule has 0 aliphatic heterocycles. The third-order valence-electron chi connectivity index (χ3n) is 11.8. The molecule has 1 atom stereocenters. The second-order valence-corrected chi connectivity index (χ2v) is 17.1. The Morgan fingerprint density at radius 1 is 0.583 bits per heavy atom. The quantitative estimate of drug-likeness (QED) is 0.271. The fourth-order valence-electron chi connectivity index (χ4n) is 8.89. The van der Waals surface area contributed by atoms with Crippen LogP contribution in [0.15, 0.2) is 108 Å². The van der Waals surface area contributed by atoms with Crippen LogP contribution in [0.2, 0.25) is 0 Å². The Hall–Kier alpha value is -3.90. The Morgan fingerprint density at radius 2 is 1.29 bits per heavy atom. The first kappa shape index (κ1) is 31.4. The Morgan fingerprint density at radius 3 is 2.06 bits per heavy atom. The molecule has 0 amide bonds. The largest absolute Gasteiger partial charge is 0.0763 e. The SMILES string of the molecule is CC(C)(C)c1ccc2c(c1)CCC1CC(c3cccc(C4=CCCC(C5=CC6=C(CC5)c5ccc(C(C)(C)C)cc5CC6)=C4)c3)=CC=C21. The Balaban J connectivity index is 1.03. The van der Waals surface area contributed by atoms with E-state index in [1.54, 1.807) is 39.0 Å². The zero-order valence-electron chi connectivity index (χ0n) is 30.1. The van der Waals surface area contributed by atoms with Crippen LogP contribution in [0.25, 0.3) is 22.3 Å². The molecule has 8 rings (SSSR count). The highest BCUT2D eigenvalue weighted by atomic mass is 14.3. The first-order valence-corrected chi connectivity index (χ1v) is 18.6. The number of hydrogen-bond donors (Lipinski definition) is 0. The van der Waals surface area contributed by atoms with Gasteiger partial charge in [-0.15, -0.1) is 0 Å². The van der Waals surface area contributed by atoms with Crippen molar-refractivity contribution in [2.75, 3.05) is 0 Å². The number of fused-ring (bicyclic) bond motifs is 5. The lowest BCUT2D eigenvalue weighted by molar-refractivity contribution is 0.579. The molecule has 0 saturated carbocycles. The maximum atomic E-state index is 2.58. The number of benzene rings is 3. The zero-order valence-corrected chi connectivity index (χ0v) is 30.1. The summed E-state index contributed by atoms with van der Waals surface area (Å²) in [6.45, 7) is 13.9. The fraction of sp³-hybridized carbons (Fsp3) is 0.375. The summed E-state index contributed by atoms with van der Waals surface area (Å²) < 4.78 is 0. The van der Waals surface area contributed by atoms with Crippen molar-refractivity contribution >= 4 is 22.3 Å². The van der Waals surface area contributed by atoms with E-state index in [0.29, 0.717) is 5.92 Å². The first-order valence-electron chi connectivity index (χ1n) is 18.6. The van der Waals surface area contributed by atoms with Crippen molar-refractivity contribution in [1.82, 2.24) is 0 Å². The van der Waals surface area contributed by atoms with E-state index in [0.717, 1.165) is 32.1 Å². The Bertz CT molecular complexity index is 1990. The first-order chi connectivity index (χ1) is 23.0. The molecule has 1 unspecified atom stereocenters. The molecule has 3 aromatic carbocycles. The van der Waals surface area contributed by atoms with Crippen LogP contribution < -0.4 is 0 Å². The van der Waals surface area contributed by atoms with Gasteiger partial charge in [0.1, 0.15) is 0 Å². The van der Waals surface area contributed by atoms with Crippen molar-refractivity contribution in [3.8, 4) is 0 Å². The summed E-state index contributed by atoms with van der Waals surface area (Å²) in [5.74, 6) is 0.617. The second kappa shape index (κ2) is 11.9. The molecular formula is C48H52. The van der Waals surface area contributed by atoms with Gasteiger partial charge in [-0.05, 0) is 164 Å². The molecule has 0 N–H and O–H groups in total. The zero-order chi connectivity index (χ0) is 33.2. The molecule has 0 nitrogen and oxygen atoms in total. The number of hydrogen-bond acceptors (Lipinski definition) is 0. The minimum absolute atomic E-state index is 0.197. The van der Waals surface area contributed by atoms with Crippen molar-refractivity contribution < 1.29 is 0 Å². The Labute approximate surface area is 289 Å². The van der Waals surface area contributed by atoms with Gasteiger partial charge in [0.15, 0.2) is 0 Å². The molecule has 48 heavy (non-hydrogen) atoms. The summed E-state index contributed by atoms with van der Waals surface area (Å²) in [7, 11) is 0. The van der Waals surface area contributed by atoms with Gasteiger partial charge >= 0.3 is 0 Å². The van der Waals surface area contributed by atoms with E-state index in [-0.39, 0.29) is 10.8 Å². The third kappa shape index (κ3) is 5.87. The normalized spacial score (nSPS) is 20.7. The number of allylic oxidation sites excluding steroid dienone is 12. The lowest BCUT2D eigenvalue weighted by atomic mass is 9.72. The minimum atomic E-state index is 0.197. The molecule has 0 spiro atoms. The van der Waals surface area contributed by atoms with Crippen LogP contribution in [-0.2, 0) is 23.7 Å². The maximum Gasteiger partial charge on any atom is -0.0112 e. The third-order valence-corrected chi connectivity index (χ3v) is 11.8. The van der Waals surface area contributed by atoms with Gasteiger partial charge in [-0.25, -0.2) is 0 Å². The molecule has 5 aliphatic rings. The predicted molar refractivity (Wildman–Crippen MR) is 207 cm³/mol. The molecule has 0 saturated heterocycles. The number of aryl methyl sites for hydroxylation is 2. The molecule has 0 aromatic heterocycles. The molecule has 0 radical (unpaired) electrons. The van der Waals surface area contributed by atoms with Gasteiger partial charge in [-0.1, -0.05) is 127 Å². The standard InChI is InChI=1S/C48H52/c1-47(2,3)41-19-23-45-39(29-41)15-13-37-27-35(17-21-43(37)45)33-11-7-9-31(25-33)32-10-8-12-34(26-32)36-18-22-44-38(28-36)14-16-40-30-42(48(4,5)6)20-24-46(40)44/h7,9-11,17,19-21,23-26,28-30,37H,8,12-16,18,22,27H2,1-6H3. The van der Waals surface area contributed by atoms with Crippen LogP contribution >= 0.6 is 0 Å². The molecule has 0 bridgehead atoms. The summed E-state index contributed by atoms with van der Waals surface area (Å²) in [5, 5.41) is 0. The average molecular weight is 629 g/mol. The summed E-state index contributed by atoms with van der Waals surface area (Å²) in [5.41, 5.74) is 22.9. The predicted octanol–water partition coefficient (Wildman–Crippen LogP) is 12.9. The van der Waals surface area contributed by atoms with Crippen molar-refractivity contribution in [3.05, 3.63) is 152 Å². The summed E-state index contributed by atoms with van der Waals surface area (Å²) in [6.07, 6.45) is 22.9. The van der Waals surface area contributed by atoms with Crippen molar-refractivity contribution in [3.63, 3.8) is 0 Å². The van der Waals surface area contributed by atoms with Gasteiger partial charge in [0.2, 0.25) is 0 Å². The van der Waals surface area contributed by atoms with E-state index >= 15 is 0 Å². The van der Waals surface area contributed by atoms with E-state index < -0.39 is 0 Å².